The maximum Gasteiger partial charge on any atom is 0.284 e. The molecule has 8 nitrogen and oxygen atoms in total. The second-order valence-electron chi connectivity index (χ2n) is 8.00. The second-order valence-corrected chi connectivity index (χ2v) is 9.07. The molecule has 1 amide bonds. The third-order valence-corrected chi connectivity index (χ3v) is 6.75. The minimum absolute atomic E-state index is 0.146. The summed E-state index contributed by atoms with van der Waals surface area (Å²) in [5.74, 6) is -0.561. The van der Waals surface area contributed by atoms with Crippen LogP contribution in [-0.4, -0.2) is 39.0 Å². The first-order valence-corrected chi connectivity index (χ1v) is 11.6. The summed E-state index contributed by atoms with van der Waals surface area (Å²) in [6.45, 7) is 3.87. The smallest absolute Gasteiger partial charge is 0.284 e. The van der Waals surface area contributed by atoms with Crippen molar-refractivity contribution in [3.05, 3.63) is 86.6 Å². The van der Waals surface area contributed by atoms with Crippen LogP contribution in [0.2, 0.25) is 0 Å². The summed E-state index contributed by atoms with van der Waals surface area (Å²) in [6, 6.07) is 12.9. The van der Waals surface area contributed by atoms with Crippen LogP contribution in [0, 0.1) is 13.8 Å². The van der Waals surface area contributed by atoms with Crippen molar-refractivity contribution >= 4 is 41.3 Å². The summed E-state index contributed by atoms with van der Waals surface area (Å²) >= 11 is 1.03. The van der Waals surface area contributed by atoms with E-state index in [1.807, 2.05) is 44.2 Å². The largest absolute Gasteiger partial charge is 0.320 e. The molecule has 9 heteroatoms. The molecule has 0 atom stereocenters. The lowest BCUT2D eigenvalue weighted by Crippen LogP contribution is -2.12. The van der Waals surface area contributed by atoms with E-state index in [-0.39, 0.29) is 28.8 Å². The average molecular weight is 487 g/mol. The van der Waals surface area contributed by atoms with Crippen molar-refractivity contribution < 1.29 is 19.2 Å². The van der Waals surface area contributed by atoms with Gasteiger partial charge in [-0.2, -0.15) is 5.10 Å². The lowest BCUT2D eigenvalue weighted by molar-refractivity contribution is 0.0985. The highest BCUT2D eigenvalue weighted by molar-refractivity contribution is 7.15. The van der Waals surface area contributed by atoms with Crippen molar-refractivity contribution in [3.8, 4) is 11.1 Å². The number of aryl methyl sites for hydroxylation is 1. The molecule has 0 saturated heterocycles. The van der Waals surface area contributed by atoms with E-state index in [4.69, 9.17) is 0 Å². The lowest BCUT2D eigenvalue weighted by atomic mass is 9.91. The highest BCUT2D eigenvalue weighted by Crippen LogP contribution is 2.33. The molecule has 4 aromatic rings. The Labute approximate surface area is 205 Å². The van der Waals surface area contributed by atoms with Crippen molar-refractivity contribution in [2.24, 2.45) is 7.05 Å². The van der Waals surface area contributed by atoms with Gasteiger partial charge in [0.15, 0.2) is 23.4 Å². The number of amides is 1. The molecular weight excluding hydrogens is 464 g/mol. The van der Waals surface area contributed by atoms with Crippen LogP contribution < -0.4 is 5.32 Å². The molecule has 0 aliphatic heterocycles. The minimum atomic E-state index is -0.385. The molecule has 0 aliphatic rings. The first-order valence-electron chi connectivity index (χ1n) is 10.8. The van der Waals surface area contributed by atoms with Gasteiger partial charge in [-0.1, -0.05) is 30.3 Å². The summed E-state index contributed by atoms with van der Waals surface area (Å²) in [5, 5.41) is 7.23. The van der Waals surface area contributed by atoms with E-state index < -0.39 is 0 Å². The Morgan fingerprint density at radius 3 is 2.40 bits per heavy atom. The Hall–Kier alpha value is -4.24. The first-order chi connectivity index (χ1) is 16.8. The summed E-state index contributed by atoms with van der Waals surface area (Å²) < 4.78 is 1.39. The van der Waals surface area contributed by atoms with Crippen molar-refractivity contribution in [1.29, 1.82) is 0 Å². The third-order valence-electron chi connectivity index (χ3n) is 5.83. The molecule has 2 heterocycles. The number of carbonyl (C=O) groups excluding carboxylic acids is 4. The van der Waals surface area contributed by atoms with Gasteiger partial charge in [0.1, 0.15) is 11.4 Å². The Balaban J connectivity index is 1.61. The highest BCUT2D eigenvalue weighted by atomic mass is 32.1. The molecule has 2 aromatic carbocycles. The van der Waals surface area contributed by atoms with Gasteiger partial charge in [0.2, 0.25) is 0 Å². The molecule has 0 spiro atoms. The number of aldehydes is 2. The summed E-state index contributed by atoms with van der Waals surface area (Å²) in [7, 11) is 1.62. The zero-order chi connectivity index (χ0) is 25.1. The fourth-order valence-electron chi connectivity index (χ4n) is 3.84. The van der Waals surface area contributed by atoms with Gasteiger partial charge in [0.05, 0.1) is 4.88 Å². The zero-order valence-electron chi connectivity index (χ0n) is 19.4. The van der Waals surface area contributed by atoms with Gasteiger partial charge >= 0.3 is 0 Å². The number of hydrogen-bond acceptors (Lipinski definition) is 7. The third kappa shape index (κ3) is 4.85. The van der Waals surface area contributed by atoms with Crippen molar-refractivity contribution in [2.45, 2.75) is 20.3 Å². The normalized spacial score (nSPS) is 10.7. The number of rotatable bonds is 8. The summed E-state index contributed by atoms with van der Waals surface area (Å²) in [6.07, 6.45) is 2.85. The Morgan fingerprint density at radius 1 is 1.03 bits per heavy atom. The Morgan fingerprint density at radius 2 is 1.74 bits per heavy atom. The molecule has 0 aliphatic carbocycles. The van der Waals surface area contributed by atoms with Gasteiger partial charge in [0, 0.05) is 25.4 Å². The van der Waals surface area contributed by atoms with Gasteiger partial charge in [0.25, 0.3) is 5.91 Å². The topological polar surface area (TPSA) is 111 Å². The number of anilines is 1. The number of nitrogens with one attached hydrogen (secondary N) is 1. The number of benzene rings is 2. The summed E-state index contributed by atoms with van der Waals surface area (Å²) in [5.41, 5.74) is 5.73. The fourth-order valence-corrected chi connectivity index (χ4v) is 4.47. The maximum absolute atomic E-state index is 12.8. The number of Topliss-reactive ketones (excluding diaryl/α,β-unsaturated/α-hetero) is 1. The van der Waals surface area contributed by atoms with Crippen LogP contribution in [-0.2, 0) is 13.5 Å². The molecule has 1 N–H and O–H groups in total. The number of carbonyl (C=O) groups is 4. The van der Waals surface area contributed by atoms with Gasteiger partial charge < -0.3 is 5.32 Å². The molecule has 2 aromatic heterocycles. The van der Waals surface area contributed by atoms with Crippen LogP contribution in [0.25, 0.3) is 11.1 Å². The number of ketones is 1. The summed E-state index contributed by atoms with van der Waals surface area (Å²) in [4.78, 5) is 51.8. The lowest BCUT2D eigenvalue weighted by Gasteiger charge is -2.16. The second kappa shape index (κ2) is 9.94. The van der Waals surface area contributed by atoms with E-state index in [1.54, 1.807) is 13.1 Å². The molecule has 0 unspecified atom stereocenters. The minimum Gasteiger partial charge on any atom is -0.320 e. The monoisotopic (exact) mass is 486 g/mol. The van der Waals surface area contributed by atoms with E-state index in [2.05, 4.69) is 15.4 Å². The van der Waals surface area contributed by atoms with Crippen LogP contribution in [0.5, 0.6) is 0 Å². The van der Waals surface area contributed by atoms with Gasteiger partial charge in [-0.25, -0.2) is 4.98 Å². The van der Waals surface area contributed by atoms with Crippen molar-refractivity contribution in [2.75, 3.05) is 5.32 Å². The van der Waals surface area contributed by atoms with E-state index in [0.717, 1.165) is 39.2 Å². The van der Waals surface area contributed by atoms with Crippen molar-refractivity contribution in [1.82, 2.24) is 14.8 Å². The van der Waals surface area contributed by atoms with Crippen molar-refractivity contribution in [3.63, 3.8) is 0 Å². The quantitative estimate of drug-likeness (QED) is 0.291. The molecule has 176 valence electrons. The Bertz CT molecular complexity index is 1470. The number of aromatic nitrogens is 3. The SMILES string of the molecule is Cc1c(CC(=O)c2cc(C=O)n(C)n2)cccc1-c1cccc(NC(=O)c2ncc(C=O)s2)c1C. The fraction of sp³-hybridized carbons (Fsp3) is 0.154. The van der Waals surface area contributed by atoms with Crippen LogP contribution in [0.15, 0.2) is 48.7 Å². The number of hydrogen-bond donors (Lipinski definition) is 1. The molecule has 0 bridgehead atoms. The van der Waals surface area contributed by atoms with Crippen LogP contribution in [0.1, 0.15) is 57.1 Å². The first kappa shape index (κ1) is 23.9. The van der Waals surface area contributed by atoms with Gasteiger partial charge in [-0.15, -0.1) is 11.3 Å². The molecule has 0 fully saturated rings. The molecule has 0 radical (unpaired) electrons. The van der Waals surface area contributed by atoms with E-state index >= 15 is 0 Å². The molecular formula is C26H22N4O4S. The van der Waals surface area contributed by atoms with E-state index in [9.17, 15) is 19.2 Å². The maximum atomic E-state index is 12.8. The van der Waals surface area contributed by atoms with Gasteiger partial charge in [-0.05, 0) is 53.8 Å². The molecule has 35 heavy (non-hydrogen) atoms. The van der Waals surface area contributed by atoms with E-state index in [1.165, 1.54) is 16.9 Å². The highest BCUT2D eigenvalue weighted by Gasteiger charge is 2.18. The van der Waals surface area contributed by atoms with E-state index in [0.29, 0.717) is 28.8 Å². The van der Waals surface area contributed by atoms with Crippen LogP contribution in [0.3, 0.4) is 0 Å². The van der Waals surface area contributed by atoms with Crippen LogP contribution >= 0.6 is 11.3 Å². The average Bonchev–Trinajstić information content (AvgIpc) is 3.48. The number of thiazole rings is 1. The standard InChI is InChI=1S/C26H22N4O4S/c1-15-17(10-24(33)23-11-18(13-31)30(3)29-23)6-4-7-20(15)21-8-5-9-22(16(21)2)28-25(34)26-27-12-19(14-32)35-26/h4-9,11-14H,10H2,1-3H3,(H,28,34). The van der Waals surface area contributed by atoms with Gasteiger partial charge in [-0.3, -0.25) is 23.9 Å². The predicted molar refractivity (Wildman–Crippen MR) is 133 cm³/mol. The predicted octanol–water partition coefficient (Wildman–Crippen LogP) is 4.46. The zero-order valence-corrected chi connectivity index (χ0v) is 20.2. The number of nitrogens with zero attached hydrogens (tertiary/aromatic N) is 3. The Kier molecular flexibility index (Phi) is 6.79. The van der Waals surface area contributed by atoms with Crippen LogP contribution in [0.4, 0.5) is 5.69 Å². The molecule has 4 rings (SSSR count). The molecule has 0 saturated carbocycles.